The predicted octanol–water partition coefficient (Wildman–Crippen LogP) is 0.833. The summed E-state index contributed by atoms with van der Waals surface area (Å²) < 4.78 is 31.6. The van der Waals surface area contributed by atoms with Crippen molar-refractivity contribution in [3.63, 3.8) is 0 Å². The molecule has 14 heavy (non-hydrogen) atoms. The Labute approximate surface area is 79.7 Å². The fourth-order valence-corrected chi connectivity index (χ4v) is 0.556. The molecule has 8 heteroatoms. The van der Waals surface area contributed by atoms with Crippen LogP contribution < -0.4 is 0 Å². The molecule has 0 spiro atoms. The molecule has 0 aliphatic heterocycles. The number of hydrogen-bond donors (Lipinski definition) is 3. The molecule has 1 aromatic rings. The number of nitrogens with zero attached hydrogens (tertiary/aromatic N) is 1. The Morgan fingerprint density at radius 3 is 1.64 bits per heavy atom. The van der Waals surface area contributed by atoms with E-state index in [1.54, 1.807) is 18.2 Å². The monoisotopic (exact) mass is 222 g/mol. The molecule has 0 aromatic heterocycles. The topological polar surface area (TPSA) is 115 Å². The lowest BCUT2D eigenvalue weighted by atomic mass is 10.3. The maximum absolute atomic E-state index is 10.1. The van der Waals surface area contributed by atoms with Gasteiger partial charge in [-0.2, -0.15) is 8.42 Å². The highest BCUT2D eigenvalue weighted by Crippen LogP contribution is 2.05. The zero-order chi connectivity index (χ0) is 11.2. The minimum Gasteiger partial charge on any atom is -0.264 e. The summed E-state index contributed by atoms with van der Waals surface area (Å²) in [6.45, 7) is 0. The second-order valence-electron chi connectivity index (χ2n) is 2.06. The average molecular weight is 222 g/mol. The van der Waals surface area contributed by atoms with Gasteiger partial charge in [0.2, 0.25) is 0 Å². The summed E-state index contributed by atoms with van der Waals surface area (Å²) in [5, 5.41) is 8.30. The largest absolute Gasteiger partial charge is 0.394 e. The summed E-state index contributed by atoms with van der Waals surface area (Å²) in [5.41, 5.74) is 0.248. The second kappa shape index (κ2) is 5.27. The van der Waals surface area contributed by atoms with Crippen molar-refractivity contribution >= 4 is 16.1 Å². The molecular weight excluding hydrogens is 214 g/mol. The fraction of sp³-hybridized carbons (Fsp3) is 0. The highest BCUT2D eigenvalue weighted by Gasteiger charge is 2.06. The van der Waals surface area contributed by atoms with Crippen molar-refractivity contribution < 1.29 is 27.7 Å². The highest BCUT2D eigenvalue weighted by atomic mass is 32.3. The number of benzene rings is 1. The zero-order valence-corrected chi connectivity index (χ0v) is 7.63. The van der Waals surface area contributed by atoms with Gasteiger partial charge >= 0.3 is 16.1 Å². The normalized spacial score (nSPS) is 9.86. The minimum atomic E-state index is -4.67. The molecule has 1 rings (SSSR count). The molecule has 1 aromatic carbocycles. The predicted molar refractivity (Wildman–Crippen MR) is 45.7 cm³/mol. The van der Waals surface area contributed by atoms with E-state index >= 15 is 0 Å². The first-order valence-corrected chi connectivity index (χ1v) is 4.61. The van der Waals surface area contributed by atoms with E-state index in [9.17, 15) is 4.91 Å². The molecule has 0 aliphatic carbocycles. The smallest absolute Gasteiger partial charge is 0.264 e. The van der Waals surface area contributed by atoms with Gasteiger partial charge in [0.1, 0.15) is 0 Å². The second-order valence-corrected chi connectivity index (χ2v) is 2.95. The maximum Gasteiger partial charge on any atom is 0.394 e. The molecule has 7 nitrogen and oxygen atoms in total. The van der Waals surface area contributed by atoms with Crippen molar-refractivity contribution in [2.75, 3.05) is 0 Å². The summed E-state index contributed by atoms with van der Waals surface area (Å²) in [6.07, 6.45) is 0. The van der Waals surface area contributed by atoms with Gasteiger partial charge in [-0.25, -0.2) is 5.21 Å². The molecule has 0 amide bonds. The van der Waals surface area contributed by atoms with Gasteiger partial charge in [0.25, 0.3) is 4.92 Å². The van der Waals surface area contributed by atoms with Gasteiger partial charge < -0.3 is 0 Å². The quantitative estimate of drug-likeness (QED) is 0.479. The lowest BCUT2D eigenvalue weighted by Gasteiger charge is -1.78. The lowest BCUT2D eigenvalue weighted by molar-refractivity contribution is -0.729. The standard InChI is InChI=1S/C6H6NO2.H2O4S/c8-7(9)6-4-2-1-3-5-6;1-5(2,3)4/h1-5H,(H,8,9);(H2,1,2,3,4)/q+1;. The van der Waals surface area contributed by atoms with Crippen molar-refractivity contribution in [2.45, 2.75) is 0 Å². The number of hydrogen-bond acceptors (Lipinski definition) is 3. The van der Waals surface area contributed by atoms with Crippen LogP contribution in [0.1, 0.15) is 0 Å². The van der Waals surface area contributed by atoms with E-state index in [1.165, 1.54) is 12.1 Å². The van der Waals surface area contributed by atoms with Crippen molar-refractivity contribution in [2.24, 2.45) is 0 Å². The van der Waals surface area contributed by atoms with E-state index in [0.717, 1.165) is 0 Å². The molecule has 3 N–H and O–H groups in total. The summed E-state index contributed by atoms with van der Waals surface area (Å²) in [4.78, 5) is 9.95. The van der Waals surface area contributed by atoms with Gasteiger partial charge in [0, 0.05) is 12.1 Å². The summed E-state index contributed by atoms with van der Waals surface area (Å²) in [7, 11) is -4.67. The molecule has 0 radical (unpaired) electrons. The first-order chi connectivity index (χ1) is 6.30. The van der Waals surface area contributed by atoms with Crippen molar-refractivity contribution in [3.05, 3.63) is 35.2 Å². The Balaban J connectivity index is 0.000000292. The molecule has 0 atom stereocenters. The first-order valence-electron chi connectivity index (χ1n) is 3.22. The van der Waals surface area contributed by atoms with Gasteiger partial charge in [-0.15, -0.1) is 0 Å². The third kappa shape index (κ3) is 8.59. The van der Waals surface area contributed by atoms with Crippen LogP contribution in [-0.2, 0) is 10.4 Å². The SMILES string of the molecule is O=S(=O)(O)O.O=[N+](O)c1ccccc1. The number of rotatable bonds is 1. The van der Waals surface area contributed by atoms with Gasteiger partial charge in [0.15, 0.2) is 0 Å². The Kier molecular flexibility index (Phi) is 4.70. The van der Waals surface area contributed by atoms with Crippen LogP contribution in [0.2, 0.25) is 0 Å². The molecule has 0 bridgehead atoms. The van der Waals surface area contributed by atoms with E-state index < -0.39 is 10.4 Å². The van der Waals surface area contributed by atoms with Crippen molar-refractivity contribution in [3.8, 4) is 0 Å². The highest BCUT2D eigenvalue weighted by molar-refractivity contribution is 7.79. The lowest BCUT2D eigenvalue weighted by Crippen LogP contribution is -1.89. The molecule has 0 heterocycles. The average Bonchev–Trinajstić information content (AvgIpc) is 2.03. The van der Waals surface area contributed by atoms with Crippen LogP contribution in [0.15, 0.2) is 30.3 Å². The molecule has 0 saturated carbocycles. The summed E-state index contributed by atoms with van der Waals surface area (Å²) in [6, 6.07) is 8.17. The van der Waals surface area contributed by atoms with E-state index in [2.05, 4.69) is 0 Å². The maximum atomic E-state index is 10.1. The Morgan fingerprint density at radius 2 is 1.43 bits per heavy atom. The van der Waals surface area contributed by atoms with Crippen LogP contribution >= 0.6 is 0 Å². The zero-order valence-electron chi connectivity index (χ0n) is 6.81. The molecule has 0 unspecified atom stereocenters. The molecule has 0 saturated heterocycles. The third-order valence-electron chi connectivity index (χ3n) is 0.977. The minimum absolute atomic E-state index is 0.167. The van der Waals surface area contributed by atoms with E-state index in [0.29, 0.717) is 0 Å². The van der Waals surface area contributed by atoms with Crippen LogP contribution in [0.5, 0.6) is 0 Å². The molecule has 0 aliphatic rings. The summed E-state index contributed by atoms with van der Waals surface area (Å²) >= 11 is 0. The Morgan fingerprint density at radius 1 is 1.07 bits per heavy atom. The van der Waals surface area contributed by atoms with E-state index in [4.69, 9.17) is 22.7 Å². The van der Waals surface area contributed by atoms with Crippen molar-refractivity contribution in [1.82, 2.24) is 0 Å². The van der Waals surface area contributed by atoms with E-state index in [-0.39, 0.29) is 10.6 Å². The van der Waals surface area contributed by atoms with Crippen LogP contribution in [-0.4, -0.2) is 27.7 Å². The van der Waals surface area contributed by atoms with Gasteiger partial charge in [0.05, 0.1) is 4.91 Å². The summed E-state index contributed by atoms with van der Waals surface area (Å²) in [5.74, 6) is 0. The van der Waals surface area contributed by atoms with Gasteiger partial charge in [-0.1, -0.05) is 18.2 Å². The molecule has 0 fully saturated rings. The Hall–Kier alpha value is -1.51. The molecular formula is C6H8NO6S+. The first kappa shape index (κ1) is 12.5. The van der Waals surface area contributed by atoms with E-state index in [1.807, 2.05) is 0 Å². The van der Waals surface area contributed by atoms with Gasteiger partial charge in [-0.3, -0.25) is 9.11 Å². The Bertz CT molecular complexity index is 378. The van der Waals surface area contributed by atoms with Crippen LogP contribution in [0.25, 0.3) is 0 Å². The third-order valence-corrected chi connectivity index (χ3v) is 0.977. The van der Waals surface area contributed by atoms with Gasteiger partial charge in [-0.05, 0) is 0 Å². The van der Waals surface area contributed by atoms with Crippen molar-refractivity contribution in [1.29, 1.82) is 0 Å². The van der Waals surface area contributed by atoms with Crippen LogP contribution in [0.3, 0.4) is 0 Å². The number of para-hydroxylation sites is 1. The van der Waals surface area contributed by atoms with Crippen LogP contribution in [0, 0.1) is 4.91 Å². The van der Waals surface area contributed by atoms with Crippen LogP contribution in [0.4, 0.5) is 5.69 Å². The fourth-order valence-electron chi connectivity index (χ4n) is 0.556. The molecule has 78 valence electrons.